The molecule has 0 spiro atoms. The smallest absolute Gasteiger partial charge is 0.248 e. The van der Waals surface area contributed by atoms with E-state index in [9.17, 15) is 0 Å². The molecule has 4 heterocycles. The summed E-state index contributed by atoms with van der Waals surface area (Å²) >= 11 is 0. The van der Waals surface area contributed by atoms with Gasteiger partial charge in [-0.15, -0.1) is 0 Å². The average Bonchev–Trinajstić information content (AvgIpc) is 2.95. The molecule has 0 bridgehead atoms. The maximum absolute atomic E-state index is 6.26. The zero-order valence-electron chi connectivity index (χ0n) is 21.7. The zero-order valence-corrected chi connectivity index (χ0v) is 21.7. The van der Waals surface area contributed by atoms with Crippen LogP contribution in [0.4, 0.5) is 17.2 Å². The molecule has 6 rings (SSSR count). The Kier molecular flexibility index (Phi) is 6.35. The van der Waals surface area contributed by atoms with E-state index in [0.29, 0.717) is 12.4 Å². The Balaban J connectivity index is 1.28. The van der Waals surface area contributed by atoms with Gasteiger partial charge in [0.1, 0.15) is 23.7 Å². The lowest BCUT2D eigenvalue weighted by molar-refractivity contribution is -0.449. The third-order valence-electron chi connectivity index (χ3n) is 6.77. The topological polar surface area (TPSA) is 86.9 Å². The van der Waals surface area contributed by atoms with Gasteiger partial charge in [-0.3, -0.25) is 0 Å². The normalized spacial score (nSPS) is 17.9. The Hall–Kier alpha value is -4.50. The molecule has 2 aromatic carbocycles. The predicted molar refractivity (Wildman–Crippen MR) is 150 cm³/mol. The quantitative estimate of drug-likeness (QED) is 0.379. The molecule has 0 amide bonds. The van der Waals surface area contributed by atoms with Gasteiger partial charge in [0.25, 0.3) is 0 Å². The van der Waals surface area contributed by atoms with Gasteiger partial charge in [0, 0.05) is 30.2 Å². The van der Waals surface area contributed by atoms with E-state index in [1.54, 1.807) is 12.5 Å². The number of nitrogens with one attached hydrogen (secondary N) is 2. The lowest BCUT2D eigenvalue weighted by Crippen LogP contribution is -2.44. The van der Waals surface area contributed by atoms with Crippen LogP contribution >= 0.6 is 0 Å². The maximum Gasteiger partial charge on any atom is 0.248 e. The monoisotopic (exact) mass is 508 g/mol. The van der Waals surface area contributed by atoms with Crippen molar-refractivity contribution in [2.45, 2.75) is 20.8 Å². The number of nitrogens with zero attached hydrogens (tertiary/aromatic N) is 5. The molecule has 0 unspecified atom stereocenters. The van der Waals surface area contributed by atoms with Crippen LogP contribution in [-0.2, 0) is 0 Å². The molecular weight excluding hydrogens is 478 g/mol. The minimum Gasteiger partial charge on any atom is -0.475 e. The van der Waals surface area contributed by atoms with Gasteiger partial charge in [0.05, 0.1) is 29.7 Å². The highest BCUT2D eigenvalue weighted by Crippen LogP contribution is 2.41. The number of hydrazone groups is 1. The molecule has 9 nitrogen and oxygen atoms in total. The van der Waals surface area contributed by atoms with Gasteiger partial charge < -0.3 is 20.1 Å². The van der Waals surface area contributed by atoms with Crippen LogP contribution in [0.15, 0.2) is 77.6 Å². The Morgan fingerprint density at radius 2 is 2.13 bits per heavy atom. The van der Waals surface area contributed by atoms with Crippen LogP contribution in [0.5, 0.6) is 11.5 Å². The van der Waals surface area contributed by atoms with Gasteiger partial charge in [0.15, 0.2) is 13.2 Å². The summed E-state index contributed by atoms with van der Waals surface area (Å²) in [7, 11) is 0. The summed E-state index contributed by atoms with van der Waals surface area (Å²) in [5.41, 5.74) is 6.00. The van der Waals surface area contributed by atoms with Crippen molar-refractivity contribution in [3.05, 3.63) is 78.1 Å². The fourth-order valence-corrected chi connectivity index (χ4v) is 4.92. The van der Waals surface area contributed by atoms with E-state index in [4.69, 9.17) is 9.47 Å². The Bertz CT molecular complexity index is 1570. The van der Waals surface area contributed by atoms with Crippen LogP contribution in [-0.4, -0.2) is 57.7 Å². The van der Waals surface area contributed by atoms with Crippen molar-refractivity contribution in [2.24, 2.45) is 5.10 Å². The summed E-state index contributed by atoms with van der Waals surface area (Å²) < 4.78 is 14.8. The number of benzene rings is 2. The molecule has 0 aliphatic carbocycles. The van der Waals surface area contributed by atoms with Crippen molar-refractivity contribution in [1.82, 2.24) is 20.3 Å². The van der Waals surface area contributed by atoms with Gasteiger partial charge in [-0.25, -0.2) is 15.0 Å². The molecule has 0 saturated carbocycles. The minimum atomic E-state index is 0.556. The first-order valence-corrected chi connectivity index (χ1v) is 12.8. The Labute approximate surface area is 221 Å². The SMILES string of the molecule is CC=C1C=C(Oc2ccc(Nc3ncnc4ccc5c(c34)OCC3=[N+]5CCNC3)cc2C)C=CN1/N=C\C. The van der Waals surface area contributed by atoms with Gasteiger partial charge in [-0.05, 0) is 56.7 Å². The summed E-state index contributed by atoms with van der Waals surface area (Å²) in [6.07, 6.45) is 11.1. The number of hydrogen-bond donors (Lipinski definition) is 2. The maximum atomic E-state index is 6.26. The number of aromatic nitrogens is 2. The van der Waals surface area contributed by atoms with Crippen LogP contribution in [0.25, 0.3) is 10.9 Å². The van der Waals surface area contributed by atoms with Crippen LogP contribution in [0.3, 0.4) is 0 Å². The standard InChI is InChI=1S/C29H30N7O2/c1-4-21-15-23(10-12-36(21)33-5-2)38-26-9-6-20(14-19(26)3)34-29-27-24(31-18-32-29)7-8-25-28(27)37-17-22-16-30-11-13-35(22)25/h4-10,12,14-15,18,30H,11,13,16-17H2,1-3H3,(H,31,32,34)/q+1/b21-4?,33-5-. The number of aryl methyl sites for hydroxylation is 1. The van der Waals surface area contributed by atoms with Crippen molar-refractivity contribution in [3.8, 4) is 11.5 Å². The van der Waals surface area contributed by atoms with Gasteiger partial charge in [-0.2, -0.15) is 9.68 Å². The Morgan fingerprint density at radius 1 is 1.21 bits per heavy atom. The number of hydrogen-bond acceptors (Lipinski definition) is 8. The third-order valence-corrected chi connectivity index (χ3v) is 6.77. The predicted octanol–water partition coefficient (Wildman–Crippen LogP) is 4.76. The van der Waals surface area contributed by atoms with Gasteiger partial charge in [0.2, 0.25) is 17.1 Å². The number of rotatable bonds is 5. The number of allylic oxidation sites excluding steroid dienone is 3. The second kappa shape index (κ2) is 10.1. The first-order valence-electron chi connectivity index (χ1n) is 12.8. The van der Waals surface area contributed by atoms with Crippen molar-refractivity contribution >= 4 is 40.0 Å². The molecule has 3 aromatic rings. The van der Waals surface area contributed by atoms with Crippen LogP contribution < -0.4 is 20.1 Å². The van der Waals surface area contributed by atoms with Crippen LogP contribution in [0.2, 0.25) is 0 Å². The summed E-state index contributed by atoms with van der Waals surface area (Å²) in [6.45, 7) is 9.16. The number of anilines is 2. The summed E-state index contributed by atoms with van der Waals surface area (Å²) in [5, 5.41) is 13.9. The molecule has 0 atom stereocenters. The molecule has 0 fully saturated rings. The molecule has 1 aromatic heterocycles. The second-order valence-electron chi connectivity index (χ2n) is 9.22. The minimum absolute atomic E-state index is 0.556. The largest absolute Gasteiger partial charge is 0.475 e. The second-order valence-corrected chi connectivity index (χ2v) is 9.22. The molecule has 2 N–H and O–H groups in total. The van der Waals surface area contributed by atoms with Gasteiger partial charge in [-0.1, -0.05) is 6.08 Å². The molecular formula is C29H30N7O2+. The lowest BCUT2D eigenvalue weighted by atomic mass is 10.1. The van der Waals surface area contributed by atoms with Crippen molar-refractivity contribution < 1.29 is 14.0 Å². The molecule has 192 valence electrons. The summed E-state index contributed by atoms with van der Waals surface area (Å²) in [6, 6.07) is 10.1. The van der Waals surface area contributed by atoms with Crippen molar-refractivity contribution in [3.63, 3.8) is 0 Å². The van der Waals surface area contributed by atoms with E-state index in [1.165, 1.54) is 5.71 Å². The molecule has 3 aliphatic heterocycles. The first kappa shape index (κ1) is 23.9. The van der Waals surface area contributed by atoms with Crippen molar-refractivity contribution in [1.29, 1.82) is 0 Å². The van der Waals surface area contributed by atoms with E-state index >= 15 is 0 Å². The third kappa shape index (κ3) is 4.41. The summed E-state index contributed by atoms with van der Waals surface area (Å²) in [5.74, 6) is 3.07. The van der Waals surface area contributed by atoms with Crippen molar-refractivity contribution in [2.75, 3.05) is 31.6 Å². The van der Waals surface area contributed by atoms with E-state index in [1.807, 2.05) is 68.4 Å². The van der Waals surface area contributed by atoms with E-state index < -0.39 is 0 Å². The molecule has 0 radical (unpaired) electrons. The molecule has 38 heavy (non-hydrogen) atoms. The number of ether oxygens (including phenoxy) is 2. The Morgan fingerprint density at radius 3 is 2.97 bits per heavy atom. The highest BCUT2D eigenvalue weighted by Gasteiger charge is 2.32. The molecule has 9 heteroatoms. The van der Waals surface area contributed by atoms with Gasteiger partial charge >= 0.3 is 0 Å². The highest BCUT2D eigenvalue weighted by atomic mass is 16.5. The lowest BCUT2D eigenvalue weighted by Gasteiger charge is -2.23. The summed E-state index contributed by atoms with van der Waals surface area (Å²) in [4.78, 5) is 9.09. The van der Waals surface area contributed by atoms with E-state index in [-0.39, 0.29) is 0 Å². The highest BCUT2D eigenvalue weighted by molar-refractivity contribution is 6.00. The molecule has 3 aliphatic rings. The number of fused-ring (bicyclic) bond motifs is 4. The van der Waals surface area contributed by atoms with Crippen LogP contribution in [0.1, 0.15) is 19.4 Å². The fraction of sp³-hybridized carbons (Fsp3) is 0.241. The zero-order chi connectivity index (χ0) is 26.1. The van der Waals surface area contributed by atoms with E-state index in [0.717, 1.165) is 70.4 Å². The first-order chi connectivity index (χ1) is 18.6. The molecule has 0 saturated heterocycles. The van der Waals surface area contributed by atoms with Crippen LogP contribution in [0, 0.1) is 6.92 Å². The fourth-order valence-electron chi connectivity index (χ4n) is 4.92. The van der Waals surface area contributed by atoms with E-state index in [2.05, 4.69) is 42.4 Å². The average molecular weight is 509 g/mol.